The van der Waals surface area contributed by atoms with Crippen LogP contribution in [-0.2, 0) is 11.3 Å². The number of nitrogens with one attached hydrogen (secondary N) is 1. The normalized spacial score (nSPS) is 11.1. The highest BCUT2D eigenvalue weighted by atomic mass is 19.1. The van der Waals surface area contributed by atoms with Crippen molar-refractivity contribution in [3.05, 3.63) is 29.6 Å². The molecule has 1 aromatic carbocycles. The number of halogens is 1. The van der Waals surface area contributed by atoms with Gasteiger partial charge in [0, 0.05) is 18.2 Å². The molecule has 0 unspecified atom stereocenters. The molecular formula is C14H22FN3O. The molecule has 0 aliphatic carbocycles. The maximum Gasteiger partial charge on any atom is 0.234 e. The number of nitrogens with zero attached hydrogens (tertiary/aromatic N) is 1. The third kappa shape index (κ3) is 4.87. The van der Waals surface area contributed by atoms with Crippen LogP contribution in [0, 0.1) is 5.82 Å². The molecule has 0 aliphatic heterocycles. The van der Waals surface area contributed by atoms with E-state index in [2.05, 4.69) is 5.32 Å². The average Bonchev–Trinajstić information content (AvgIpc) is 2.32. The molecule has 5 heteroatoms. The zero-order valence-electron chi connectivity index (χ0n) is 11.7. The second-order valence-corrected chi connectivity index (χ2v) is 4.85. The first kappa shape index (κ1) is 15.4. The number of anilines is 1. The van der Waals surface area contributed by atoms with Crippen molar-refractivity contribution in [2.45, 2.75) is 33.4 Å². The van der Waals surface area contributed by atoms with Crippen LogP contribution in [0.2, 0.25) is 0 Å². The molecule has 0 bridgehead atoms. The van der Waals surface area contributed by atoms with Gasteiger partial charge >= 0.3 is 0 Å². The number of rotatable bonds is 6. The van der Waals surface area contributed by atoms with Crippen LogP contribution in [0.1, 0.15) is 26.3 Å². The lowest BCUT2D eigenvalue weighted by molar-refractivity contribution is -0.122. The van der Waals surface area contributed by atoms with Crippen LogP contribution in [-0.4, -0.2) is 29.9 Å². The molecule has 0 aliphatic rings. The van der Waals surface area contributed by atoms with Gasteiger partial charge in [0.05, 0.1) is 12.2 Å². The molecule has 1 amide bonds. The SMILES string of the molecule is CCN(CC(=O)NC(C)C)Cc1cccc(N)c1F. The summed E-state index contributed by atoms with van der Waals surface area (Å²) in [4.78, 5) is 13.6. The maximum atomic E-state index is 13.8. The summed E-state index contributed by atoms with van der Waals surface area (Å²) in [6, 6.07) is 5.04. The van der Waals surface area contributed by atoms with Gasteiger partial charge in [-0.2, -0.15) is 0 Å². The van der Waals surface area contributed by atoms with Gasteiger partial charge in [0.25, 0.3) is 0 Å². The lowest BCUT2D eigenvalue weighted by Gasteiger charge is -2.21. The predicted molar refractivity (Wildman–Crippen MR) is 75.0 cm³/mol. The van der Waals surface area contributed by atoms with Gasteiger partial charge in [-0.3, -0.25) is 9.69 Å². The molecule has 1 rings (SSSR count). The number of hydrogen-bond donors (Lipinski definition) is 2. The Balaban J connectivity index is 2.66. The van der Waals surface area contributed by atoms with E-state index in [4.69, 9.17) is 5.73 Å². The molecule has 0 heterocycles. The fourth-order valence-electron chi connectivity index (χ4n) is 1.81. The number of carbonyl (C=O) groups excluding carboxylic acids is 1. The Labute approximate surface area is 113 Å². The summed E-state index contributed by atoms with van der Waals surface area (Å²) < 4.78 is 13.8. The van der Waals surface area contributed by atoms with E-state index in [0.717, 1.165) is 0 Å². The first-order chi connectivity index (χ1) is 8.93. The monoisotopic (exact) mass is 267 g/mol. The summed E-state index contributed by atoms with van der Waals surface area (Å²) >= 11 is 0. The minimum atomic E-state index is -0.398. The molecule has 19 heavy (non-hydrogen) atoms. The highest BCUT2D eigenvalue weighted by Gasteiger charge is 2.13. The largest absolute Gasteiger partial charge is 0.396 e. The average molecular weight is 267 g/mol. The van der Waals surface area contributed by atoms with E-state index in [9.17, 15) is 9.18 Å². The van der Waals surface area contributed by atoms with Gasteiger partial charge in [0.15, 0.2) is 5.82 Å². The van der Waals surface area contributed by atoms with Crippen LogP contribution in [0.15, 0.2) is 18.2 Å². The molecule has 0 atom stereocenters. The standard InChI is InChI=1S/C14H22FN3O/c1-4-18(9-13(19)17-10(2)3)8-11-6-5-7-12(16)14(11)15/h5-7,10H,4,8-9,16H2,1-3H3,(H,17,19). The van der Waals surface area contributed by atoms with Crippen LogP contribution in [0.25, 0.3) is 0 Å². The van der Waals surface area contributed by atoms with Gasteiger partial charge in [0.2, 0.25) is 5.91 Å². The molecule has 4 nitrogen and oxygen atoms in total. The highest BCUT2D eigenvalue weighted by Crippen LogP contribution is 2.16. The van der Waals surface area contributed by atoms with Gasteiger partial charge in [-0.15, -0.1) is 0 Å². The molecule has 0 aromatic heterocycles. The number of amides is 1. The van der Waals surface area contributed by atoms with E-state index >= 15 is 0 Å². The van der Waals surface area contributed by atoms with E-state index in [0.29, 0.717) is 18.7 Å². The topological polar surface area (TPSA) is 58.4 Å². The maximum absolute atomic E-state index is 13.8. The molecule has 0 radical (unpaired) electrons. The van der Waals surface area contributed by atoms with Crippen molar-refractivity contribution in [1.29, 1.82) is 0 Å². The van der Waals surface area contributed by atoms with Crippen molar-refractivity contribution in [3.8, 4) is 0 Å². The second-order valence-electron chi connectivity index (χ2n) is 4.85. The number of benzene rings is 1. The minimum Gasteiger partial charge on any atom is -0.396 e. The quantitative estimate of drug-likeness (QED) is 0.772. The summed E-state index contributed by atoms with van der Waals surface area (Å²) in [7, 11) is 0. The van der Waals surface area contributed by atoms with Crippen LogP contribution in [0.3, 0.4) is 0 Å². The van der Waals surface area contributed by atoms with E-state index in [1.807, 2.05) is 25.7 Å². The Morgan fingerprint density at radius 1 is 1.47 bits per heavy atom. The van der Waals surface area contributed by atoms with E-state index < -0.39 is 5.82 Å². The predicted octanol–water partition coefficient (Wildman–Crippen LogP) is 1.75. The van der Waals surface area contributed by atoms with Crippen molar-refractivity contribution in [2.75, 3.05) is 18.8 Å². The van der Waals surface area contributed by atoms with E-state index in [-0.39, 0.29) is 24.2 Å². The Morgan fingerprint density at radius 2 is 2.16 bits per heavy atom. The van der Waals surface area contributed by atoms with E-state index in [1.54, 1.807) is 12.1 Å². The zero-order valence-corrected chi connectivity index (χ0v) is 11.7. The molecule has 0 saturated heterocycles. The molecule has 106 valence electrons. The van der Waals surface area contributed by atoms with Crippen LogP contribution in [0.5, 0.6) is 0 Å². The number of likely N-dealkylation sites (N-methyl/N-ethyl adjacent to an activating group) is 1. The zero-order chi connectivity index (χ0) is 14.4. The second kappa shape index (κ2) is 7.09. The summed E-state index contributed by atoms with van der Waals surface area (Å²) in [5.74, 6) is -0.452. The number of nitrogens with two attached hydrogens (primary N) is 1. The molecule has 0 fully saturated rings. The van der Waals surface area contributed by atoms with Crippen LogP contribution < -0.4 is 11.1 Å². The van der Waals surface area contributed by atoms with Gasteiger partial charge < -0.3 is 11.1 Å². The third-order valence-electron chi connectivity index (χ3n) is 2.77. The Hall–Kier alpha value is -1.62. The van der Waals surface area contributed by atoms with Crippen LogP contribution in [0.4, 0.5) is 10.1 Å². The lowest BCUT2D eigenvalue weighted by atomic mass is 10.1. The number of carbonyl (C=O) groups is 1. The highest BCUT2D eigenvalue weighted by molar-refractivity contribution is 5.78. The molecule has 0 saturated carbocycles. The van der Waals surface area contributed by atoms with Gasteiger partial charge in [-0.1, -0.05) is 19.1 Å². The molecular weight excluding hydrogens is 245 g/mol. The fourth-order valence-corrected chi connectivity index (χ4v) is 1.81. The van der Waals surface area contributed by atoms with Crippen LogP contribution >= 0.6 is 0 Å². The number of hydrogen-bond acceptors (Lipinski definition) is 3. The summed E-state index contributed by atoms with van der Waals surface area (Å²) in [6.07, 6.45) is 0. The van der Waals surface area contributed by atoms with Gasteiger partial charge in [0.1, 0.15) is 0 Å². The van der Waals surface area contributed by atoms with Gasteiger partial charge in [-0.05, 0) is 26.5 Å². The summed E-state index contributed by atoms with van der Waals surface area (Å²) in [5.41, 5.74) is 6.18. The van der Waals surface area contributed by atoms with Crippen molar-refractivity contribution in [3.63, 3.8) is 0 Å². The van der Waals surface area contributed by atoms with Crippen molar-refractivity contribution in [1.82, 2.24) is 10.2 Å². The first-order valence-electron chi connectivity index (χ1n) is 6.48. The minimum absolute atomic E-state index is 0.0545. The number of nitrogen functional groups attached to an aromatic ring is 1. The Bertz CT molecular complexity index is 435. The molecule has 3 N–H and O–H groups in total. The Morgan fingerprint density at radius 3 is 2.74 bits per heavy atom. The van der Waals surface area contributed by atoms with Gasteiger partial charge in [-0.25, -0.2) is 4.39 Å². The third-order valence-corrected chi connectivity index (χ3v) is 2.77. The summed E-state index contributed by atoms with van der Waals surface area (Å²) in [5, 5.41) is 2.82. The van der Waals surface area contributed by atoms with Crippen molar-refractivity contribution >= 4 is 11.6 Å². The van der Waals surface area contributed by atoms with E-state index in [1.165, 1.54) is 6.07 Å². The smallest absolute Gasteiger partial charge is 0.234 e. The summed E-state index contributed by atoms with van der Waals surface area (Å²) in [6.45, 7) is 7.05. The first-order valence-corrected chi connectivity index (χ1v) is 6.48. The van der Waals surface area contributed by atoms with Crippen molar-refractivity contribution in [2.24, 2.45) is 0 Å². The van der Waals surface area contributed by atoms with Crippen molar-refractivity contribution < 1.29 is 9.18 Å². The molecule has 1 aromatic rings. The Kier molecular flexibility index (Phi) is 5.76. The molecule has 0 spiro atoms. The fraction of sp³-hybridized carbons (Fsp3) is 0.500. The lowest BCUT2D eigenvalue weighted by Crippen LogP contribution is -2.39.